The summed E-state index contributed by atoms with van der Waals surface area (Å²) in [6.07, 6.45) is -2.96. The molecule has 0 spiro atoms. The van der Waals surface area contributed by atoms with Crippen molar-refractivity contribution in [2.75, 3.05) is 0 Å². The predicted molar refractivity (Wildman–Crippen MR) is 60.0 cm³/mol. The quantitative estimate of drug-likeness (QED) is 0.934. The van der Waals surface area contributed by atoms with E-state index in [0.29, 0.717) is 10.4 Å². The molecule has 0 saturated carbocycles. The highest BCUT2D eigenvalue weighted by atomic mass is 35.5. The van der Waals surface area contributed by atoms with Crippen LogP contribution in [0.5, 0.6) is 5.75 Å². The van der Waals surface area contributed by atoms with Crippen LogP contribution in [-0.2, 0) is 4.79 Å². The number of benzene rings is 1. The predicted octanol–water partition coefficient (Wildman–Crippen LogP) is 2.94. The molecule has 7 heteroatoms. The Hall–Kier alpha value is -1.95. The van der Waals surface area contributed by atoms with E-state index in [1.807, 2.05) is 0 Å². The lowest BCUT2D eigenvalue weighted by Crippen LogP contribution is -2.34. The first-order chi connectivity index (χ1) is 8.42. The molecule has 2 rings (SSSR count). The third kappa shape index (κ3) is 2.19. The van der Waals surface area contributed by atoms with Gasteiger partial charge in [0.15, 0.2) is 5.75 Å². The van der Waals surface area contributed by atoms with Gasteiger partial charge < -0.3 is 9.84 Å². The number of hydrogen-bond donors (Lipinski definition) is 1. The molecule has 0 atom stereocenters. The van der Waals surface area contributed by atoms with E-state index in [-0.39, 0.29) is 11.3 Å². The summed E-state index contributed by atoms with van der Waals surface area (Å²) in [5.41, 5.74) is 0.0749. The van der Waals surface area contributed by atoms with E-state index in [4.69, 9.17) is 16.7 Å². The van der Waals surface area contributed by atoms with Crippen LogP contribution in [-0.4, -0.2) is 22.2 Å². The minimum absolute atomic E-state index is 0.0749. The first-order valence-corrected chi connectivity index (χ1v) is 5.13. The average molecular weight is 274 g/mol. The smallest absolute Gasteiger partial charge is 0.474 e. The van der Waals surface area contributed by atoms with Crippen LogP contribution in [0.3, 0.4) is 0 Å². The first kappa shape index (κ1) is 12.5. The summed E-state index contributed by atoms with van der Waals surface area (Å²) in [7, 11) is 0. The van der Waals surface area contributed by atoms with E-state index >= 15 is 0 Å². The van der Waals surface area contributed by atoms with Crippen molar-refractivity contribution in [1.29, 1.82) is 0 Å². The number of carbonyl (C=O) groups is 1. The van der Waals surface area contributed by atoms with Gasteiger partial charge in [0.2, 0.25) is 0 Å². The lowest BCUT2D eigenvalue weighted by Gasteiger charge is -2.14. The molecule has 0 amide bonds. The van der Waals surface area contributed by atoms with E-state index < -0.39 is 12.1 Å². The molecule has 0 radical (unpaired) electrons. The molecule has 1 N–H and O–H groups in total. The van der Waals surface area contributed by atoms with Crippen LogP contribution in [0.4, 0.5) is 8.78 Å². The van der Waals surface area contributed by atoms with Crippen molar-refractivity contribution in [2.45, 2.75) is 6.11 Å². The fraction of sp³-hybridized carbons (Fsp3) is 0.0909. The van der Waals surface area contributed by atoms with Crippen molar-refractivity contribution in [1.82, 2.24) is 4.98 Å². The molecular formula is C11H6ClF2NO3. The molecule has 18 heavy (non-hydrogen) atoms. The second-order valence-electron chi connectivity index (χ2n) is 3.37. The number of hydrogen-bond acceptors (Lipinski definition) is 3. The molecule has 1 aromatic carbocycles. The van der Waals surface area contributed by atoms with Crippen molar-refractivity contribution in [3.05, 3.63) is 35.5 Å². The highest BCUT2D eigenvalue weighted by Crippen LogP contribution is 2.32. The Morgan fingerprint density at radius 2 is 2.11 bits per heavy atom. The number of nitrogens with zero attached hydrogens (tertiary/aromatic N) is 1. The van der Waals surface area contributed by atoms with Crippen molar-refractivity contribution in [3.63, 3.8) is 0 Å². The van der Waals surface area contributed by atoms with Crippen LogP contribution in [0.2, 0.25) is 5.02 Å². The summed E-state index contributed by atoms with van der Waals surface area (Å²) < 4.78 is 30.1. The summed E-state index contributed by atoms with van der Waals surface area (Å²) in [4.78, 5) is 14.2. The summed E-state index contributed by atoms with van der Waals surface area (Å²) in [6, 6.07) is 5.62. The second-order valence-corrected chi connectivity index (χ2v) is 3.78. The Morgan fingerprint density at radius 1 is 1.39 bits per heavy atom. The van der Waals surface area contributed by atoms with Gasteiger partial charge in [-0.05, 0) is 24.3 Å². The molecule has 0 aliphatic heterocycles. The molecular weight excluding hydrogens is 268 g/mol. The fourth-order valence-corrected chi connectivity index (χ4v) is 1.59. The number of aliphatic carboxylic acids is 1. The molecule has 0 aliphatic carbocycles. The number of carboxylic acids is 1. The summed E-state index contributed by atoms with van der Waals surface area (Å²) in [6.45, 7) is 0. The van der Waals surface area contributed by atoms with Crippen molar-refractivity contribution in [2.24, 2.45) is 0 Å². The third-order valence-electron chi connectivity index (χ3n) is 2.17. The number of pyridine rings is 1. The van der Waals surface area contributed by atoms with Gasteiger partial charge in [-0.1, -0.05) is 11.6 Å². The molecule has 1 heterocycles. The number of aromatic nitrogens is 1. The number of carboxylic acid groups (broad SMARTS) is 1. The van der Waals surface area contributed by atoms with Gasteiger partial charge in [-0.3, -0.25) is 4.98 Å². The Morgan fingerprint density at radius 3 is 2.78 bits per heavy atom. The Labute approximate surface area is 105 Å². The average Bonchev–Trinajstić information content (AvgIpc) is 2.33. The fourth-order valence-electron chi connectivity index (χ4n) is 1.38. The van der Waals surface area contributed by atoms with Gasteiger partial charge in [-0.15, -0.1) is 0 Å². The molecule has 4 nitrogen and oxygen atoms in total. The highest BCUT2D eigenvalue weighted by Gasteiger charge is 2.42. The van der Waals surface area contributed by atoms with Crippen molar-refractivity contribution in [3.8, 4) is 5.75 Å². The zero-order valence-electron chi connectivity index (χ0n) is 8.73. The van der Waals surface area contributed by atoms with Crippen molar-refractivity contribution < 1.29 is 23.4 Å². The number of rotatable bonds is 3. The summed E-state index contributed by atoms with van der Waals surface area (Å²) >= 11 is 5.86. The van der Waals surface area contributed by atoms with E-state index in [0.717, 1.165) is 6.07 Å². The maximum atomic E-state index is 13.0. The van der Waals surface area contributed by atoms with Crippen LogP contribution in [0.1, 0.15) is 0 Å². The Balaban J connectivity index is 2.53. The molecule has 0 unspecified atom stereocenters. The monoisotopic (exact) mass is 273 g/mol. The van der Waals surface area contributed by atoms with E-state index in [1.54, 1.807) is 12.1 Å². The van der Waals surface area contributed by atoms with Gasteiger partial charge in [0.05, 0.1) is 5.02 Å². The Bertz CT molecular complexity index is 618. The van der Waals surface area contributed by atoms with Crippen LogP contribution >= 0.6 is 11.6 Å². The van der Waals surface area contributed by atoms with Gasteiger partial charge in [0.25, 0.3) is 0 Å². The van der Waals surface area contributed by atoms with Crippen LogP contribution < -0.4 is 4.74 Å². The number of ether oxygens (including phenoxy) is 1. The maximum Gasteiger partial charge on any atom is 0.501 e. The first-order valence-electron chi connectivity index (χ1n) is 4.75. The maximum absolute atomic E-state index is 13.0. The molecule has 1 aromatic heterocycles. The standard InChI is InChI=1S/C11H6ClF2NO3/c12-7-3-4-8(18-11(13,14)10(16)17)9-6(7)2-1-5-15-9/h1-5H,(H,16,17). The van der Waals surface area contributed by atoms with Gasteiger partial charge in [0.1, 0.15) is 5.52 Å². The van der Waals surface area contributed by atoms with Gasteiger partial charge in [-0.2, -0.15) is 8.78 Å². The highest BCUT2D eigenvalue weighted by molar-refractivity contribution is 6.35. The van der Waals surface area contributed by atoms with E-state index in [9.17, 15) is 13.6 Å². The molecule has 0 bridgehead atoms. The number of halogens is 3. The minimum atomic E-state index is -4.32. The Kier molecular flexibility index (Phi) is 3.04. The van der Waals surface area contributed by atoms with E-state index in [2.05, 4.69) is 9.72 Å². The molecule has 94 valence electrons. The molecule has 0 aliphatic rings. The van der Waals surface area contributed by atoms with Gasteiger partial charge in [0, 0.05) is 11.6 Å². The molecule has 0 saturated heterocycles. The number of fused-ring (bicyclic) bond motifs is 1. The lowest BCUT2D eigenvalue weighted by molar-refractivity contribution is -0.210. The number of alkyl halides is 2. The zero-order chi connectivity index (χ0) is 13.3. The largest absolute Gasteiger partial charge is 0.501 e. The second kappa shape index (κ2) is 4.38. The summed E-state index contributed by atoms with van der Waals surface area (Å²) in [5, 5.41) is 9.02. The zero-order valence-corrected chi connectivity index (χ0v) is 9.49. The van der Waals surface area contributed by atoms with Crippen LogP contribution in [0.15, 0.2) is 30.5 Å². The topological polar surface area (TPSA) is 59.4 Å². The molecule has 0 fully saturated rings. The van der Waals surface area contributed by atoms with Gasteiger partial charge in [-0.25, -0.2) is 4.79 Å². The van der Waals surface area contributed by atoms with Crippen LogP contribution in [0, 0.1) is 0 Å². The minimum Gasteiger partial charge on any atom is -0.474 e. The molecule has 2 aromatic rings. The van der Waals surface area contributed by atoms with Crippen LogP contribution in [0.25, 0.3) is 10.9 Å². The summed E-state index contributed by atoms with van der Waals surface area (Å²) in [5.74, 6) is -2.72. The normalized spacial score (nSPS) is 11.5. The van der Waals surface area contributed by atoms with Crippen molar-refractivity contribution >= 4 is 28.5 Å². The van der Waals surface area contributed by atoms with E-state index in [1.165, 1.54) is 12.3 Å². The third-order valence-corrected chi connectivity index (χ3v) is 2.50. The SMILES string of the molecule is O=C(O)C(F)(F)Oc1ccc(Cl)c2cccnc12. The van der Waals surface area contributed by atoms with Gasteiger partial charge >= 0.3 is 12.1 Å². The lowest BCUT2D eigenvalue weighted by atomic mass is 10.2.